The van der Waals surface area contributed by atoms with Gasteiger partial charge in [0.25, 0.3) is 0 Å². The van der Waals surface area contributed by atoms with Crippen LogP contribution >= 0.6 is 22.6 Å². The Kier molecular flexibility index (Phi) is 5.71. The van der Waals surface area contributed by atoms with E-state index in [-0.39, 0.29) is 11.3 Å². The first-order valence-corrected chi connectivity index (χ1v) is 7.01. The number of rotatable bonds is 6. The highest BCUT2D eigenvalue weighted by molar-refractivity contribution is 14.1. The molecule has 1 rings (SSSR count). The average Bonchev–Trinajstić information content (AvgIpc) is 2.33. The Morgan fingerprint density at radius 1 is 1.50 bits per heavy atom. The number of nitrogens with zero attached hydrogens (tertiary/aromatic N) is 1. The molecule has 0 aliphatic carbocycles. The van der Waals surface area contributed by atoms with Gasteiger partial charge in [0.2, 0.25) is 0 Å². The first-order valence-electron chi connectivity index (χ1n) is 5.93. The maximum Gasteiger partial charge on any atom is 0.144 e. The van der Waals surface area contributed by atoms with E-state index in [4.69, 9.17) is 10.9 Å². The summed E-state index contributed by atoms with van der Waals surface area (Å²) in [6.45, 7) is 4.84. The molecule has 18 heavy (non-hydrogen) atoms. The Labute approximate surface area is 122 Å². The molecule has 0 aliphatic rings. The van der Waals surface area contributed by atoms with Crippen molar-refractivity contribution in [1.29, 1.82) is 0 Å². The minimum absolute atomic E-state index is 0.262. The normalized spacial score (nSPS) is 12.5. The van der Waals surface area contributed by atoms with Crippen LogP contribution in [0.25, 0.3) is 0 Å². The van der Waals surface area contributed by atoms with Crippen molar-refractivity contribution < 1.29 is 5.21 Å². The molecule has 0 spiro atoms. The van der Waals surface area contributed by atoms with Crippen molar-refractivity contribution in [2.24, 2.45) is 16.3 Å². The minimum atomic E-state index is -0.262. The fraction of sp³-hybridized carbons (Fsp3) is 0.462. The van der Waals surface area contributed by atoms with E-state index in [0.717, 1.165) is 25.1 Å². The molecule has 0 radical (unpaired) electrons. The molecule has 0 fully saturated rings. The number of nitrogens with one attached hydrogen (secondary N) is 1. The molecule has 0 atom stereocenters. The fourth-order valence-electron chi connectivity index (χ4n) is 1.62. The Morgan fingerprint density at radius 2 is 2.22 bits per heavy atom. The summed E-state index contributed by atoms with van der Waals surface area (Å²) in [6.07, 6.45) is 1.84. The number of halogens is 1. The third-order valence-corrected chi connectivity index (χ3v) is 3.60. The van der Waals surface area contributed by atoms with Gasteiger partial charge in [-0.05, 0) is 53.6 Å². The number of amidine groups is 1. The van der Waals surface area contributed by atoms with Gasteiger partial charge in [0.1, 0.15) is 5.84 Å². The molecule has 0 heterocycles. The molecule has 0 amide bonds. The molecule has 0 aromatic heterocycles. The van der Waals surface area contributed by atoms with Crippen LogP contribution in [0.5, 0.6) is 0 Å². The topological polar surface area (TPSA) is 70.6 Å². The van der Waals surface area contributed by atoms with Gasteiger partial charge in [0.05, 0.1) is 0 Å². The number of hydrogen-bond acceptors (Lipinski definition) is 3. The SMILES string of the molecule is CC(C)(CCCNc1cccc(I)c1)C(N)=NO. The van der Waals surface area contributed by atoms with Crippen molar-refractivity contribution in [2.75, 3.05) is 11.9 Å². The molecule has 5 heteroatoms. The van der Waals surface area contributed by atoms with Crippen LogP contribution < -0.4 is 11.1 Å². The van der Waals surface area contributed by atoms with E-state index in [2.05, 4.69) is 51.3 Å². The molecular weight excluding hydrogens is 341 g/mol. The first kappa shape index (κ1) is 15.1. The number of anilines is 1. The van der Waals surface area contributed by atoms with Crippen LogP contribution in [0.4, 0.5) is 5.69 Å². The second-order valence-electron chi connectivity index (χ2n) is 4.91. The number of nitrogens with two attached hydrogens (primary N) is 1. The molecule has 0 saturated heterocycles. The molecule has 100 valence electrons. The predicted molar refractivity (Wildman–Crippen MR) is 84.1 cm³/mol. The number of hydrogen-bond donors (Lipinski definition) is 3. The van der Waals surface area contributed by atoms with Crippen LogP contribution in [0, 0.1) is 8.99 Å². The molecule has 1 aromatic carbocycles. The minimum Gasteiger partial charge on any atom is -0.409 e. The summed E-state index contributed by atoms with van der Waals surface area (Å²) in [5.41, 5.74) is 6.51. The smallest absolute Gasteiger partial charge is 0.144 e. The maximum absolute atomic E-state index is 8.68. The highest BCUT2D eigenvalue weighted by Gasteiger charge is 2.22. The lowest BCUT2D eigenvalue weighted by atomic mass is 9.86. The van der Waals surface area contributed by atoms with Crippen molar-refractivity contribution in [3.8, 4) is 0 Å². The van der Waals surface area contributed by atoms with E-state index < -0.39 is 0 Å². The average molecular weight is 361 g/mol. The van der Waals surface area contributed by atoms with Crippen molar-refractivity contribution in [1.82, 2.24) is 0 Å². The van der Waals surface area contributed by atoms with Crippen LogP contribution in [0.15, 0.2) is 29.4 Å². The summed E-state index contributed by atoms with van der Waals surface area (Å²) in [7, 11) is 0. The van der Waals surface area contributed by atoms with E-state index in [1.165, 1.54) is 3.57 Å². The standard InChI is InChI=1S/C13H20IN3O/c1-13(2,12(15)17-18)7-4-8-16-11-6-3-5-10(14)9-11/h3,5-6,9,16,18H,4,7-8H2,1-2H3,(H2,15,17). The molecule has 4 nitrogen and oxygen atoms in total. The first-order chi connectivity index (χ1) is 8.45. The summed E-state index contributed by atoms with van der Waals surface area (Å²) in [5.74, 6) is 0.289. The van der Waals surface area contributed by atoms with Gasteiger partial charge >= 0.3 is 0 Å². The largest absolute Gasteiger partial charge is 0.409 e. The van der Waals surface area contributed by atoms with Gasteiger partial charge in [-0.3, -0.25) is 0 Å². The zero-order chi connectivity index (χ0) is 13.6. The molecule has 0 bridgehead atoms. The molecule has 0 aliphatic heterocycles. The van der Waals surface area contributed by atoms with Gasteiger partial charge in [-0.15, -0.1) is 0 Å². The van der Waals surface area contributed by atoms with E-state index >= 15 is 0 Å². The monoisotopic (exact) mass is 361 g/mol. The molecule has 0 saturated carbocycles. The van der Waals surface area contributed by atoms with Crippen molar-refractivity contribution in [3.05, 3.63) is 27.8 Å². The maximum atomic E-state index is 8.68. The third-order valence-electron chi connectivity index (χ3n) is 2.93. The summed E-state index contributed by atoms with van der Waals surface area (Å²) in [4.78, 5) is 0. The quantitative estimate of drug-likeness (QED) is 0.182. The Bertz CT molecular complexity index is 418. The third kappa shape index (κ3) is 4.72. The summed E-state index contributed by atoms with van der Waals surface area (Å²) < 4.78 is 1.22. The second-order valence-corrected chi connectivity index (χ2v) is 6.16. The lowest BCUT2D eigenvalue weighted by Gasteiger charge is -2.22. The van der Waals surface area contributed by atoms with Gasteiger partial charge in [-0.1, -0.05) is 25.1 Å². The van der Waals surface area contributed by atoms with Gasteiger partial charge in [0, 0.05) is 21.2 Å². The zero-order valence-electron chi connectivity index (χ0n) is 10.8. The van der Waals surface area contributed by atoms with Crippen molar-refractivity contribution in [2.45, 2.75) is 26.7 Å². The molecule has 1 aromatic rings. The van der Waals surface area contributed by atoms with Crippen LogP contribution in [-0.2, 0) is 0 Å². The predicted octanol–water partition coefficient (Wildman–Crippen LogP) is 3.26. The Morgan fingerprint density at radius 3 is 2.83 bits per heavy atom. The van der Waals surface area contributed by atoms with Crippen molar-refractivity contribution >= 4 is 34.1 Å². The van der Waals surface area contributed by atoms with E-state index in [9.17, 15) is 0 Å². The second kappa shape index (κ2) is 6.82. The van der Waals surface area contributed by atoms with Crippen LogP contribution in [0.1, 0.15) is 26.7 Å². The van der Waals surface area contributed by atoms with Gasteiger partial charge in [-0.25, -0.2) is 0 Å². The highest BCUT2D eigenvalue weighted by atomic mass is 127. The summed E-state index contributed by atoms with van der Waals surface area (Å²) in [5, 5.41) is 15.1. The van der Waals surface area contributed by atoms with E-state index in [1.54, 1.807) is 0 Å². The lowest BCUT2D eigenvalue weighted by molar-refractivity contribution is 0.305. The molecule has 0 unspecified atom stereocenters. The van der Waals surface area contributed by atoms with E-state index in [1.807, 2.05) is 19.9 Å². The zero-order valence-corrected chi connectivity index (χ0v) is 12.9. The van der Waals surface area contributed by atoms with Gasteiger partial charge < -0.3 is 16.3 Å². The van der Waals surface area contributed by atoms with Gasteiger partial charge in [-0.2, -0.15) is 0 Å². The Balaban J connectivity index is 2.35. The van der Waals surface area contributed by atoms with Crippen LogP contribution in [0.3, 0.4) is 0 Å². The number of benzene rings is 1. The van der Waals surface area contributed by atoms with Gasteiger partial charge in [0.15, 0.2) is 0 Å². The fourth-order valence-corrected chi connectivity index (χ4v) is 2.17. The lowest BCUT2D eigenvalue weighted by Crippen LogP contribution is -2.32. The molecule has 4 N–H and O–H groups in total. The van der Waals surface area contributed by atoms with Crippen molar-refractivity contribution in [3.63, 3.8) is 0 Å². The molecular formula is C13H20IN3O. The summed E-state index contributed by atoms with van der Waals surface area (Å²) >= 11 is 2.29. The van der Waals surface area contributed by atoms with Crippen LogP contribution in [0.2, 0.25) is 0 Å². The van der Waals surface area contributed by atoms with Crippen LogP contribution in [-0.4, -0.2) is 17.6 Å². The summed E-state index contributed by atoms with van der Waals surface area (Å²) in [6, 6.07) is 8.25. The number of oxime groups is 1. The van der Waals surface area contributed by atoms with E-state index in [0.29, 0.717) is 0 Å². The highest BCUT2D eigenvalue weighted by Crippen LogP contribution is 2.22. The Hall–Kier alpha value is -0.980.